The van der Waals surface area contributed by atoms with Crippen LogP contribution in [0.25, 0.3) is 0 Å². The van der Waals surface area contributed by atoms with Crippen molar-refractivity contribution in [3.8, 4) is 0 Å². The highest BCUT2D eigenvalue weighted by atomic mass is 32.3. The Morgan fingerprint density at radius 2 is 1.73 bits per heavy atom. The molecule has 0 bridgehead atoms. The normalized spacial score (nSPS) is 12.8. The molecular formula is C7H17NO2S. The van der Waals surface area contributed by atoms with Crippen LogP contribution in [0.2, 0.25) is 0 Å². The fraction of sp³-hybridized carbons (Fsp3) is 0.857. The Morgan fingerprint density at radius 3 is 1.82 bits per heavy atom. The number of carbonyl (C=O) groups is 1. The summed E-state index contributed by atoms with van der Waals surface area (Å²) in [5.41, 5.74) is 0. The van der Waals surface area contributed by atoms with E-state index in [9.17, 15) is 9.35 Å². The molecule has 4 heteroatoms. The van der Waals surface area contributed by atoms with Gasteiger partial charge >= 0.3 is 0 Å². The van der Waals surface area contributed by atoms with E-state index in [1.807, 2.05) is 13.8 Å². The summed E-state index contributed by atoms with van der Waals surface area (Å²) in [5.74, 6) is 0. The summed E-state index contributed by atoms with van der Waals surface area (Å²) in [6.07, 6.45) is 3.18. The van der Waals surface area contributed by atoms with Gasteiger partial charge in [0.1, 0.15) is 0 Å². The van der Waals surface area contributed by atoms with Gasteiger partial charge in [-0.3, -0.25) is 4.79 Å². The lowest BCUT2D eigenvalue weighted by Gasteiger charge is -2.29. The highest BCUT2D eigenvalue weighted by Crippen LogP contribution is 2.37. The van der Waals surface area contributed by atoms with Crippen LogP contribution in [-0.2, 0) is 0 Å². The minimum absolute atomic E-state index is 0.123. The summed E-state index contributed by atoms with van der Waals surface area (Å²) in [6, 6.07) is 0. The first-order valence-corrected chi connectivity index (χ1v) is 6.08. The summed E-state index contributed by atoms with van der Waals surface area (Å²) < 4.78 is 9.41. The van der Waals surface area contributed by atoms with Crippen molar-refractivity contribution in [2.45, 2.75) is 13.8 Å². The van der Waals surface area contributed by atoms with Gasteiger partial charge in [-0.2, -0.15) is 0 Å². The first-order valence-electron chi connectivity index (χ1n) is 3.68. The lowest BCUT2D eigenvalue weighted by atomic mass is 10.6. The van der Waals surface area contributed by atoms with Crippen LogP contribution in [0.4, 0.5) is 4.79 Å². The van der Waals surface area contributed by atoms with E-state index in [1.54, 1.807) is 17.4 Å². The summed E-state index contributed by atoms with van der Waals surface area (Å²) in [6.45, 7) is 5.16. The number of carbonyl (C=O) groups excluding carboxylic acids is 1. The zero-order chi connectivity index (χ0) is 9.07. The van der Waals surface area contributed by atoms with E-state index >= 15 is 0 Å². The second kappa shape index (κ2) is 3.97. The molecule has 1 N–H and O–H groups in total. The highest BCUT2D eigenvalue weighted by molar-refractivity contribution is 8.39. The van der Waals surface area contributed by atoms with E-state index in [0.717, 1.165) is 0 Å². The minimum atomic E-state index is -2.04. The Labute approximate surface area is 69.9 Å². The van der Waals surface area contributed by atoms with Gasteiger partial charge in [-0.25, -0.2) is 0 Å². The minimum Gasteiger partial charge on any atom is -0.343 e. The van der Waals surface area contributed by atoms with Gasteiger partial charge in [-0.05, 0) is 26.4 Å². The van der Waals surface area contributed by atoms with Gasteiger partial charge in [-0.15, -0.1) is 0 Å². The third-order valence-corrected chi connectivity index (χ3v) is 2.56. The van der Waals surface area contributed by atoms with Crippen LogP contribution in [0.1, 0.15) is 13.8 Å². The molecule has 0 rings (SSSR count). The molecule has 0 radical (unpaired) electrons. The van der Waals surface area contributed by atoms with Crippen molar-refractivity contribution in [1.82, 2.24) is 4.90 Å². The molecule has 3 nitrogen and oxygen atoms in total. The van der Waals surface area contributed by atoms with Crippen LogP contribution in [0.5, 0.6) is 0 Å². The predicted molar refractivity (Wildman–Crippen MR) is 50.4 cm³/mol. The zero-order valence-electron chi connectivity index (χ0n) is 7.63. The molecule has 0 atom stereocenters. The summed E-state index contributed by atoms with van der Waals surface area (Å²) >= 11 is 0. The van der Waals surface area contributed by atoms with Crippen molar-refractivity contribution < 1.29 is 9.35 Å². The number of amides is 1. The molecule has 0 aliphatic heterocycles. The predicted octanol–water partition coefficient (Wildman–Crippen LogP) is 1.99. The van der Waals surface area contributed by atoms with Crippen molar-refractivity contribution in [3.63, 3.8) is 0 Å². The van der Waals surface area contributed by atoms with E-state index in [0.29, 0.717) is 13.1 Å². The highest BCUT2D eigenvalue weighted by Gasteiger charge is 2.22. The molecule has 11 heavy (non-hydrogen) atoms. The van der Waals surface area contributed by atoms with E-state index in [4.69, 9.17) is 0 Å². The molecule has 68 valence electrons. The summed E-state index contributed by atoms with van der Waals surface area (Å²) in [5, 5.41) is -0.123. The van der Waals surface area contributed by atoms with Crippen molar-refractivity contribution in [2.75, 3.05) is 25.6 Å². The number of nitrogens with zero attached hydrogens (tertiary/aromatic N) is 1. The van der Waals surface area contributed by atoms with Gasteiger partial charge in [0.15, 0.2) is 0 Å². The van der Waals surface area contributed by atoms with Crippen LogP contribution >= 0.6 is 10.3 Å². The Morgan fingerprint density at radius 1 is 1.36 bits per heavy atom. The van der Waals surface area contributed by atoms with Crippen molar-refractivity contribution in [3.05, 3.63) is 0 Å². The van der Waals surface area contributed by atoms with Crippen LogP contribution in [0.3, 0.4) is 0 Å². The van der Waals surface area contributed by atoms with E-state index in [2.05, 4.69) is 0 Å². The molecule has 0 heterocycles. The third-order valence-electron chi connectivity index (χ3n) is 1.45. The number of hydrogen-bond donors (Lipinski definition) is 1. The van der Waals surface area contributed by atoms with Gasteiger partial charge in [0.05, 0.1) is 0 Å². The van der Waals surface area contributed by atoms with Gasteiger partial charge < -0.3 is 9.45 Å². The third kappa shape index (κ3) is 3.12. The van der Waals surface area contributed by atoms with Crippen LogP contribution in [-0.4, -0.2) is 40.3 Å². The van der Waals surface area contributed by atoms with Gasteiger partial charge in [-0.1, -0.05) is 10.3 Å². The van der Waals surface area contributed by atoms with Gasteiger partial charge in [0.25, 0.3) is 5.24 Å². The average Bonchev–Trinajstić information content (AvgIpc) is 1.88. The standard InChI is InChI=1S/C7H17NO2S/c1-5-8(6-2)7(9)11(3,4)10/h10H,5-6H2,1-4H3. The lowest BCUT2D eigenvalue weighted by Crippen LogP contribution is -2.32. The summed E-state index contributed by atoms with van der Waals surface area (Å²) in [7, 11) is -2.04. The molecular weight excluding hydrogens is 162 g/mol. The number of rotatable bonds is 2. The molecule has 0 spiro atoms. The van der Waals surface area contributed by atoms with Gasteiger partial charge in [0, 0.05) is 13.1 Å². The van der Waals surface area contributed by atoms with E-state index in [-0.39, 0.29) is 5.24 Å². The number of hydrogen-bond acceptors (Lipinski definition) is 2. The van der Waals surface area contributed by atoms with Crippen molar-refractivity contribution in [2.24, 2.45) is 0 Å². The molecule has 0 aromatic rings. The molecule has 0 aromatic heterocycles. The fourth-order valence-electron chi connectivity index (χ4n) is 0.798. The first kappa shape index (κ1) is 10.8. The quantitative estimate of drug-likeness (QED) is 0.704. The molecule has 0 aromatic carbocycles. The lowest BCUT2D eigenvalue weighted by molar-refractivity contribution is 0.226. The molecule has 0 aliphatic carbocycles. The Hall–Kier alpha value is -0.220. The Balaban J connectivity index is 4.22. The maximum absolute atomic E-state index is 11.3. The van der Waals surface area contributed by atoms with Gasteiger partial charge in [0.2, 0.25) is 0 Å². The van der Waals surface area contributed by atoms with Crippen LogP contribution in [0, 0.1) is 0 Å². The smallest absolute Gasteiger partial charge is 0.285 e. The second-order valence-corrected chi connectivity index (χ2v) is 5.61. The molecule has 0 aliphatic rings. The molecule has 0 saturated carbocycles. The zero-order valence-corrected chi connectivity index (χ0v) is 8.44. The Bertz CT molecular complexity index is 138. The molecule has 0 fully saturated rings. The largest absolute Gasteiger partial charge is 0.343 e. The van der Waals surface area contributed by atoms with Crippen molar-refractivity contribution >= 4 is 15.5 Å². The monoisotopic (exact) mass is 179 g/mol. The molecule has 0 saturated heterocycles. The topological polar surface area (TPSA) is 40.5 Å². The second-order valence-electron chi connectivity index (χ2n) is 2.71. The van der Waals surface area contributed by atoms with E-state index in [1.165, 1.54) is 0 Å². The Kier molecular flexibility index (Phi) is 3.89. The SMILES string of the molecule is CCN(CC)C(=O)S(C)(C)O. The fourth-order valence-corrected chi connectivity index (χ4v) is 1.69. The average molecular weight is 179 g/mol. The van der Waals surface area contributed by atoms with Crippen molar-refractivity contribution in [1.29, 1.82) is 0 Å². The summed E-state index contributed by atoms with van der Waals surface area (Å²) in [4.78, 5) is 13.0. The maximum Gasteiger partial charge on any atom is 0.285 e. The maximum atomic E-state index is 11.3. The van der Waals surface area contributed by atoms with Crippen LogP contribution in [0.15, 0.2) is 0 Å². The van der Waals surface area contributed by atoms with E-state index < -0.39 is 10.3 Å². The first-order chi connectivity index (χ1) is 4.93. The van der Waals surface area contributed by atoms with Crippen LogP contribution < -0.4 is 0 Å². The molecule has 0 unspecified atom stereocenters. The molecule has 1 amide bonds.